The molecule has 8 heteroatoms. The Morgan fingerprint density at radius 2 is 1.96 bits per heavy atom. The van der Waals surface area contributed by atoms with E-state index in [2.05, 4.69) is 25.4 Å². The Morgan fingerprint density at radius 3 is 2.67 bits per heavy atom. The zero-order chi connectivity index (χ0) is 18.9. The van der Waals surface area contributed by atoms with Gasteiger partial charge in [-0.05, 0) is 36.2 Å². The van der Waals surface area contributed by atoms with Crippen molar-refractivity contribution in [2.45, 2.75) is 6.42 Å². The standard InChI is InChI=1S/C19H26N6O2/c1-24(10-6-16-4-7-20-8-5-16)18-3-2-17(22-23-18)19(26)21-9-11-25-12-14-27-15-13-25/h2-5,7-8H,6,9-15H2,1H3,(H,21,26). The molecule has 0 aromatic carbocycles. The maximum atomic E-state index is 12.2. The molecule has 1 aliphatic rings. The Kier molecular flexibility index (Phi) is 7.06. The highest BCUT2D eigenvalue weighted by Crippen LogP contribution is 2.09. The normalized spacial score (nSPS) is 14.7. The molecular formula is C19H26N6O2. The van der Waals surface area contributed by atoms with Gasteiger partial charge in [-0.15, -0.1) is 10.2 Å². The molecule has 144 valence electrons. The van der Waals surface area contributed by atoms with Crippen LogP contribution in [0.25, 0.3) is 0 Å². The largest absolute Gasteiger partial charge is 0.379 e. The predicted octanol–water partition coefficient (Wildman–Crippen LogP) is 0.613. The van der Waals surface area contributed by atoms with Gasteiger partial charge in [-0.1, -0.05) is 0 Å². The van der Waals surface area contributed by atoms with E-state index in [0.717, 1.165) is 51.6 Å². The van der Waals surface area contributed by atoms with Crippen LogP contribution >= 0.6 is 0 Å². The summed E-state index contributed by atoms with van der Waals surface area (Å²) in [5, 5.41) is 11.2. The summed E-state index contributed by atoms with van der Waals surface area (Å²) < 4.78 is 5.32. The van der Waals surface area contributed by atoms with Crippen LogP contribution in [-0.4, -0.2) is 79.0 Å². The van der Waals surface area contributed by atoms with Gasteiger partial charge in [0.1, 0.15) is 0 Å². The quantitative estimate of drug-likeness (QED) is 0.729. The molecule has 3 heterocycles. The lowest BCUT2D eigenvalue weighted by molar-refractivity contribution is 0.0383. The fourth-order valence-electron chi connectivity index (χ4n) is 2.85. The van der Waals surface area contributed by atoms with Crippen LogP contribution in [0.1, 0.15) is 16.1 Å². The van der Waals surface area contributed by atoms with Crippen molar-refractivity contribution < 1.29 is 9.53 Å². The lowest BCUT2D eigenvalue weighted by atomic mass is 10.2. The minimum Gasteiger partial charge on any atom is -0.379 e. The molecule has 8 nitrogen and oxygen atoms in total. The molecule has 0 unspecified atom stereocenters. The molecule has 0 aliphatic carbocycles. The first-order chi connectivity index (χ1) is 13.2. The van der Waals surface area contributed by atoms with Gasteiger partial charge in [-0.2, -0.15) is 0 Å². The van der Waals surface area contributed by atoms with Crippen molar-refractivity contribution >= 4 is 11.7 Å². The lowest BCUT2D eigenvalue weighted by Crippen LogP contribution is -2.41. The van der Waals surface area contributed by atoms with E-state index in [1.54, 1.807) is 18.5 Å². The number of carbonyl (C=O) groups is 1. The molecule has 1 N–H and O–H groups in total. The van der Waals surface area contributed by atoms with Gasteiger partial charge < -0.3 is 15.0 Å². The molecule has 0 radical (unpaired) electrons. The summed E-state index contributed by atoms with van der Waals surface area (Å²) in [6, 6.07) is 7.56. The molecule has 1 aliphatic heterocycles. The van der Waals surface area contributed by atoms with Crippen molar-refractivity contribution in [3.63, 3.8) is 0 Å². The first-order valence-corrected chi connectivity index (χ1v) is 9.24. The van der Waals surface area contributed by atoms with E-state index >= 15 is 0 Å². The Labute approximate surface area is 159 Å². The molecular weight excluding hydrogens is 344 g/mol. The van der Waals surface area contributed by atoms with Gasteiger partial charge in [-0.25, -0.2) is 0 Å². The molecule has 27 heavy (non-hydrogen) atoms. The second kappa shape index (κ2) is 9.94. The third-order valence-electron chi connectivity index (χ3n) is 4.58. The number of pyridine rings is 1. The van der Waals surface area contributed by atoms with Gasteiger partial charge in [0.15, 0.2) is 11.5 Å². The van der Waals surface area contributed by atoms with E-state index in [9.17, 15) is 4.79 Å². The number of hydrogen-bond acceptors (Lipinski definition) is 7. The molecule has 1 amide bonds. The van der Waals surface area contributed by atoms with Crippen LogP contribution in [0, 0.1) is 0 Å². The topological polar surface area (TPSA) is 83.5 Å². The predicted molar refractivity (Wildman–Crippen MR) is 103 cm³/mol. The van der Waals surface area contributed by atoms with Gasteiger partial charge in [0, 0.05) is 52.2 Å². The molecule has 0 spiro atoms. The van der Waals surface area contributed by atoms with Crippen LogP contribution in [0.5, 0.6) is 0 Å². The SMILES string of the molecule is CN(CCc1ccncc1)c1ccc(C(=O)NCCN2CCOCC2)nn1. The zero-order valence-electron chi connectivity index (χ0n) is 15.7. The van der Waals surface area contributed by atoms with Gasteiger partial charge >= 0.3 is 0 Å². The molecule has 0 atom stereocenters. The highest BCUT2D eigenvalue weighted by molar-refractivity contribution is 5.92. The average Bonchev–Trinajstić information content (AvgIpc) is 2.73. The third-order valence-corrected chi connectivity index (χ3v) is 4.58. The first kappa shape index (κ1) is 19.2. The van der Waals surface area contributed by atoms with Crippen molar-refractivity contribution in [2.75, 3.05) is 57.9 Å². The molecule has 2 aromatic rings. The Balaban J connectivity index is 1.43. The van der Waals surface area contributed by atoms with Crippen LogP contribution in [-0.2, 0) is 11.2 Å². The third kappa shape index (κ3) is 5.97. The van der Waals surface area contributed by atoms with Gasteiger partial charge in [0.25, 0.3) is 5.91 Å². The number of hydrogen-bond donors (Lipinski definition) is 1. The number of anilines is 1. The molecule has 2 aromatic heterocycles. The summed E-state index contributed by atoms with van der Waals surface area (Å²) >= 11 is 0. The summed E-state index contributed by atoms with van der Waals surface area (Å²) in [6.45, 7) is 5.56. The smallest absolute Gasteiger partial charge is 0.271 e. The lowest BCUT2D eigenvalue weighted by Gasteiger charge is -2.26. The van der Waals surface area contributed by atoms with E-state index in [-0.39, 0.29) is 5.91 Å². The van der Waals surface area contributed by atoms with E-state index in [0.29, 0.717) is 12.2 Å². The van der Waals surface area contributed by atoms with Crippen molar-refractivity contribution in [3.8, 4) is 0 Å². The monoisotopic (exact) mass is 370 g/mol. The summed E-state index contributed by atoms with van der Waals surface area (Å²) in [6.07, 6.45) is 4.48. The average molecular weight is 370 g/mol. The van der Waals surface area contributed by atoms with Crippen LogP contribution in [0.4, 0.5) is 5.82 Å². The highest BCUT2D eigenvalue weighted by Gasteiger charge is 2.12. The van der Waals surface area contributed by atoms with E-state index in [1.165, 1.54) is 5.56 Å². The fraction of sp³-hybridized carbons (Fsp3) is 0.474. The fourth-order valence-corrected chi connectivity index (χ4v) is 2.85. The van der Waals surface area contributed by atoms with Crippen LogP contribution < -0.4 is 10.2 Å². The van der Waals surface area contributed by atoms with Gasteiger partial charge in [-0.3, -0.25) is 14.7 Å². The summed E-state index contributed by atoms with van der Waals surface area (Å²) in [5.74, 6) is 0.552. The van der Waals surface area contributed by atoms with Crippen LogP contribution in [0.2, 0.25) is 0 Å². The highest BCUT2D eigenvalue weighted by atomic mass is 16.5. The Bertz CT molecular complexity index is 704. The van der Waals surface area contributed by atoms with E-state index in [1.807, 2.05) is 30.1 Å². The second-order valence-electron chi connectivity index (χ2n) is 6.51. The van der Waals surface area contributed by atoms with Crippen molar-refractivity contribution in [2.24, 2.45) is 0 Å². The van der Waals surface area contributed by atoms with Gasteiger partial charge in [0.05, 0.1) is 13.2 Å². The molecule has 0 bridgehead atoms. The van der Waals surface area contributed by atoms with Crippen molar-refractivity contribution in [1.29, 1.82) is 0 Å². The number of amides is 1. The van der Waals surface area contributed by atoms with Crippen molar-refractivity contribution in [1.82, 2.24) is 25.4 Å². The molecule has 1 fully saturated rings. The molecule has 3 rings (SSSR count). The van der Waals surface area contributed by atoms with Crippen molar-refractivity contribution in [3.05, 3.63) is 47.9 Å². The number of likely N-dealkylation sites (N-methyl/N-ethyl adjacent to an activating group) is 1. The zero-order valence-corrected chi connectivity index (χ0v) is 15.7. The summed E-state index contributed by atoms with van der Waals surface area (Å²) in [5.41, 5.74) is 1.56. The number of nitrogens with zero attached hydrogens (tertiary/aromatic N) is 5. The Hall–Kier alpha value is -2.58. The summed E-state index contributed by atoms with van der Waals surface area (Å²) in [7, 11) is 1.97. The molecule has 1 saturated heterocycles. The Morgan fingerprint density at radius 1 is 1.19 bits per heavy atom. The van der Waals surface area contributed by atoms with Gasteiger partial charge in [0.2, 0.25) is 0 Å². The minimum atomic E-state index is -0.193. The minimum absolute atomic E-state index is 0.193. The molecule has 0 saturated carbocycles. The maximum absolute atomic E-state index is 12.2. The number of nitrogens with one attached hydrogen (secondary N) is 1. The number of aromatic nitrogens is 3. The number of carbonyl (C=O) groups excluding carboxylic acids is 1. The number of rotatable bonds is 8. The summed E-state index contributed by atoms with van der Waals surface area (Å²) in [4.78, 5) is 20.5. The van der Waals surface area contributed by atoms with E-state index < -0.39 is 0 Å². The van der Waals surface area contributed by atoms with Crippen LogP contribution in [0.15, 0.2) is 36.7 Å². The van der Waals surface area contributed by atoms with E-state index in [4.69, 9.17) is 4.74 Å². The first-order valence-electron chi connectivity index (χ1n) is 9.24. The van der Waals surface area contributed by atoms with Crippen LogP contribution in [0.3, 0.4) is 0 Å². The maximum Gasteiger partial charge on any atom is 0.271 e. The number of ether oxygens (including phenoxy) is 1. The number of morpholine rings is 1. The second-order valence-corrected chi connectivity index (χ2v) is 6.51.